The maximum absolute atomic E-state index is 11.6. The van der Waals surface area contributed by atoms with Gasteiger partial charge in [-0.05, 0) is 19.4 Å². The van der Waals surface area contributed by atoms with Crippen LogP contribution in [0.25, 0.3) is 0 Å². The van der Waals surface area contributed by atoms with Crippen LogP contribution in [0.4, 0.5) is 0 Å². The van der Waals surface area contributed by atoms with Crippen LogP contribution in [0.15, 0.2) is 12.4 Å². The summed E-state index contributed by atoms with van der Waals surface area (Å²) >= 11 is 0. The highest BCUT2D eigenvalue weighted by Gasteiger charge is 2.14. The van der Waals surface area contributed by atoms with E-state index in [0.29, 0.717) is 13.0 Å². The molecule has 1 saturated heterocycles. The first-order valence-corrected chi connectivity index (χ1v) is 5.69. The molecule has 1 aromatic heterocycles. The summed E-state index contributed by atoms with van der Waals surface area (Å²) < 4.78 is 1.67. The Morgan fingerprint density at radius 2 is 2.56 bits per heavy atom. The van der Waals surface area contributed by atoms with Crippen molar-refractivity contribution in [1.82, 2.24) is 25.6 Å². The standard InChI is InChI=1S/C10H17N5O/c16-10(3-6-15-7-5-12-14-15)13-9-2-1-4-11-8-9/h5,7,9,11H,1-4,6,8H2,(H,13,16)/t9-/m0/s1. The Hall–Kier alpha value is -1.43. The van der Waals surface area contributed by atoms with Gasteiger partial charge in [-0.25, -0.2) is 0 Å². The summed E-state index contributed by atoms with van der Waals surface area (Å²) in [5.41, 5.74) is 0. The Morgan fingerprint density at radius 1 is 1.62 bits per heavy atom. The van der Waals surface area contributed by atoms with E-state index in [2.05, 4.69) is 20.9 Å². The molecule has 0 unspecified atom stereocenters. The highest BCUT2D eigenvalue weighted by Crippen LogP contribution is 2.01. The Bertz CT molecular complexity index is 318. The number of carbonyl (C=O) groups excluding carboxylic acids is 1. The van der Waals surface area contributed by atoms with Crippen molar-refractivity contribution in [3.8, 4) is 0 Å². The second-order valence-electron chi connectivity index (χ2n) is 4.03. The summed E-state index contributed by atoms with van der Waals surface area (Å²) in [6, 6.07) is 0.289. The highest BCUT2D eigenvalue weighted by molar-refractivity contribution is 5.76. The van der Waals surface area contributed by atoms with Crippen LogP contribution < -0.4 is 10.6 Å². The largest absolute Gasteiger partial charge is 0.352 e. The number of rotatable bonds is 4. The predicted molar refractivity (Wildman–Crippen MR) is 58.7 cm³/mol. The van der Waals surface area contributed by atoms with Gasteiger partial charge in [0.05, 0.1) is 12.7 Å². The van der Waals surface area contributed by atoms with Crippen molar-refractivity contribution in [2.24, 2.45) is 0 Å². The summed E-state index contributed by atoms with van der Waals surface area (Å²) in [7, 11) is 0. The average molecular weight is 223 g/mol. The quantitative estimate of drug-likeness (QED) is 0.724. The van der Waals surface area contributed by atoms with Gasteiger partial charge in [0.2, 0.25) is 5.91 Å². The molecular weight excluding hydrogens is 206 g/mol. The molecule has 0 aliphatic carbocycles. The van der Waals surface area contributed by atoms with Crippen molar-refractivity contribution in [2.75, 3.05) is 13.1 Å². The first kappa shape index (κ1) is 11.1. The Balaban J connectivity index is 1.67. The number of piperidine rings is 1. The molecule has 0 radical (unpaired) electrons. The number of amides is 1. The Kier molecular flexibility index (Phi) is 3.87. The maximum Gasteiger partial charge on any atom is 0.222 e. The van der Waals surface area contributed by atoms with Crippen molar-refractivity contribution in [3.05, 3.63) is 12.4 Å². The number of aromatic nitrogens is 3. The fraction of sp³-hybridized carbons (Fsp3) is 0.700. The van der Waals surface area contributed by atoms with Gasteiger partial charge < -0.3 is 10.6 Å². The van der Waals surface area contributed by atoms with Gasteiger partial charge in [0.15, 0.2) is 0 Å². The number of nitrogens with one attached hydrogen (secondary N) is 2. The lowest BCUT2D eigenvalue weighted by Gasteiger charge is -2.23. The minimum atomic E-state index is 0.0872. The van der Waals surface area contributed by atoms with Crippen molar-refractivity contribution in [3.63, 3.8) is 0 Å². The molecule has 6 heteroatoms. The highest BCUT2D eigenvalue weighted by atomic mass is 16.1. The van der Waals surface area contributed by atoms with Crippen LogP contribution >= 0.6 is 0 Å². The first-order valence-electron chi connectivity index (χ1n) is 5.69. The first-order chi connectivity index (χ1) is 7.84. The van der Waals surface area contributed by atoms with E-state index < -0.39 is 0 Å². The molecule has 0 aromatic carbocycles. The molecule has 1 atom stereocenters. The van der Waals surface area contributed by atoms with Gasteiger partial charge in [0.25, 0.3) is 0 Å². The Labute approximate surface area is 94.4 Å². The minimum Gasteiger partial charge on any atom is -0.352 e. The molecule has 1 aliphatic rings. The lowest BCUT2D eigenvalue weighted by atomic mass is 10.1. The molecule has 1 aromatic rings. The van der Waals surface area contributed by atoms with Crippen molar-refractivity contribution >= 4 is 5.91 Å². The van der Waals surface area contributed by atoms with Gasteiger partial charge in [0.1, 0.15) is 0 Å². The second-order valence-corrected chi connectivity index (χ2v) is 4.03. The third-order valence-corrected chi connectivity index (χ3v) is 2.70. The average Bonchev–Trinajstić information content (AvgIpc) is 2.81. The number of nitrogens with zero attached hydrogens (tertiary/aromatic N) is 3. The zero-order valence-electron chi connectivity index (χ0n) is 9.22. The monoisotopic (exact) mass is 223 g/mol. The molecule has 0 bridgehead atoms. The lowest BCUT2D eigenvalue weighted by molar-refractivity contribution is -0.122. The minimum absolute atomic E-state index is 0.0872. The molecule has 2 rings (SSSR count). The summed E-state index contributed by atoms with van der Waals surface area (Å²) in [5.74, 6) is 0.0872. The van der Waals surface area contributed by atoms with E-state index in [4.69, 9.17) is 0 Å². The molecule has 0 spiro atoms. The van der Waals surface area contributed by atoms with Crippen molar-refractivity contribution < 1.29 is 4.79 Å². The van der Waals surface area contributed by atoms with E-state index in [9.17, 15) is 4.79 Å². The molecular formula is C10H17N5O. The number of aryl methyl sites for hydroxylation is 1. The molecule has 1 aliphatic heterocycles. The topological polar surface area (TPSA) is 71.8 Å². The van der Waals surface area contributed by atoms with E-state index in [1.807, 2.05) is 0 Å². The fourth-order valence-electron chi connectivity index (χ4n) is 1.84. The van der Waals surface area contributed by atoms with Crippen LogP contribution in [-0.2, 0) is 11.3 Å². The molecule has 2 heterocycles. The van der Waals surface area contributed by atoms with Gasteiger partial charge in [-0.1, -0.05) is 5.21 Å². The van der Waals surface area contributed by atoms with Gasteiger partial charge >= 0.3 is 0 Å². The zero-order valence-corrected chi connectivity index (χ0v) is 9.22. The van der Waals surface area contributed by atoms with Crippen LogP contribution in [0.1, 0.15) is 19.3 Å². The van der Waals surface area contributed by atoms with Crippen LogP contribution in [0, 0.1) is 0 Å². The van der Waals surface area contributed by atoms with Crippen LogP contribution in [-0.4, -0.2) is 40.0 Å². The number of carbonyl (C=O) groups is 1. The molecule has 0 saturated carbocycles. The normalized spacial score (nSPS) is 20.6. The van der Waals surface area contributed by atoms with Gasteiger partial charge in [0, 0.05) is 25.2 Å². The lowest BCUT2D eigenvalue weighted by Crippen LogP contribution is -2.45. The van der Waals surface area contributed by atoms with E-state index in [-0.39, 0.29) is 11.9 Å². The molecule has 88 valence electrons. The molecule has 16 heavy (non-hydrogen) atoms. The van der Waals surface area contributed by atoms with Crippen LogP contribution in [0.3, 0.4) is 0 Å². The summed E-state index contributed by atoms with van der Waals surface area (Å²) in [4.78, 5) is 11.6. The molecule has 1 fully saturated rings. The van der Waals surface area contributed by atoms with Crippen molar-refractivity contribution in [2.45, 2.75) is 31.8 Å². The zero-order chi connectivity index (χ0) is 11.2. The SMILES string of the molecule is O=C(CCn1ccnn1)N[C@H]1CCCNC1. The maximum atomic E-state index is 11.6. The Morgan fingerprint density at radius 3 is 3.25 bits per heavy atom. The van der Waals surface area contributed by atoms with E-state index in [0.717, 1.165) is 25.9 Å². The van der Waals surface area contributed by atoms with Crippen LogP contribution in [0.5, 0.6) is 0 Å². The smallest absolute Gasteiger partial charge is 0.222 e. The van der Waals surface area contributed by atoms with E-state index >= 15 is 0 Å². The predicted octanol–water partition coefficient (Wildman–Crippen LogP) is -0.464. The molecule has 6 nitrogen and oxygen atoms in total. The molecule has 1 amide bonds. The summed E-state index contributed by atoms with van der Waals surface area (Å²) in [6.45, 7) is 2.53. The van der Waals surface area contributed by atoms with Crippen molar-refractivity contribution in [1.29, 1.82) is 0 Å². The van der Waals surface area contributed by atoms with E-state index in [1.54, 1.807) is 17.1 Å². The van der Waals surface area contributed by atoms with Gasteiger partial charge in [-0.2, -0.15) is 0 Å². The third-order valence-electron chi connectivity index (χ3n) is 2.70. The fourth-order valence-corrected chi connectivity index (χ4v) is 1.84. The number of hydrogen-bond donors (Lipinski definition) is 2. The molecule has 2 N–H and O–H groups in total. The third kappa shape index (κ3) is 3.30. The number of hydrogen-bond acceptors (Lipinski definition) is 4. The van der Waals surface area contributed by atoms with Gasteiger partial charge in [-0.15, -0.1) is 5.10 Å². The van der Waals surface area contributed by atoms with E-state index in [1.165, 1.54) is 0 Å². The van der Waals surface area contributed by atoms with Gasteiger partial charge in [-0.3, -0.25) is 9.48 Å². The summed E-state index contributed by atoms with van der Waals surface area (Å²) in [6.07, 6.45) is 6.04. The second kappa shape index (κ2) is 5.60. The summed E-state index contributed by atoms with van der Waals surface area (Å²) in [5, 5.41) is 13.8. The van der Waals surface area contributed by atoms with Crippen LogP contribution in [0.2, 0.25) is 0 Å².